The normalized spacial score (nSPS) is 18.7. The highest BCUT2D eigenvalue weighted by Crippen LogP contribution is 2.36. The number of amides is 1. The zero-order valence-electron chi connectivity index (χ0n) is 11.0. The average Bonchev–Trinajstić information content (AvgIpc) is 2.83. The Hall–Kier alpha value is -1.62. The first-order valence-electron chi connectivity index (χ1n) is 6.38. The van der Waals surface area contributed by atoms with Gasteiger partial charge in [0.15, 0.2) is 6.10 Å². The van der Waals surface area contributed by atoms with Crippen LogP contribution in [0.4, 0.5) is 5.69 Å². The van der Waals surface area contributed by atoms with Crippen LogP contribution < -0.4 is 5.73 Å². The first-order valence-corrected chi connectivity index (χ1v) is 7.99. The molecule has 1 aromatic carbocycles. The molecule has 1 saturated heterocycles. The van der Waals surface area contributed by atoms with Crippen LogP contribution in [0.1, 0.15) is 9.67 Å². The molecule has 1 fully saturated rings. The van der Waals surface area contributed by atoms with E-state index in [1.54, 1.807) is 4.90 Å². The third kappa shape index (κ3) is 2.62. The molecule has 21 heavy (non-hydrogen) atoms. The summed E-state index contributed by atoms with van der Waals surface area (Å²) in [5.41, 5.74) is 6.63. The fraction of sp³-hybridized carbons (Fsp3) is 0.286. The van der Waals surface area contributed by atoms with E-state index in [0.717, 1.165) is 14.6 Å². The molecule has 2 aromatic rings. The van der Waals surface area contributed by atoms with Crippen LogP contribution in [0, 0.1) is 11.3 Å². The smallest absolute Gasteiger partial charge is 0.266 e. The molecule has 108 valence electrons. The number of fused-ring (bicyclic) bond motifs is 1. The summed E-state index contributed by atoms with van der Waals surface area (Å²) in [6.45, 7) is 1.14. The van der Waals surface area contributed by atoms with Crippen LogP contribution in [0.3, 0.4) is 0 Å². The highest BCUT2D eigenvalue weighted by Gasteiger charge is 2.27. The van der Waals surface area contributed by atoms with Crippen molar-refractivity contribution in [1.82, 2.24) is 4.90 Å². The Morgan fingerprint density at radius 2 is 2.38 bits per heavy atom. The Morgan fingerprint density at radius 3 is 3.14 bits per heavy atom. The molecule has 1 aliphatic rings. The van der Waals surface area contributed by atoms with Crippen LogP contribution in [0.5, 0.6) is 0 Å². The van der Waals surface area contributed by atoms with Gasteiger partial charge in [0.25, 0.3) is 5.91 Å². The van der Waals surface area contributed by atoms with Crippen molar-refractivity contribution >= 4 is 48.9 Å². The lowest BCUT2D eigenvalue weighted by molar-refractivity contribution is 0.00374. The van der Waals surface area contributed by atoms with E-state index < -0.39 is 6.10 Å². The number of hydrogen-bond acceptors (Lipinski definition) is 5. The van der Waals surface area contributed by atoms with Crippen molar-refractivity contribution in [3.05, 3.63) is 27.5 Å². The molecule has 1 aromatic heterocycles. The summed E-state index contributed by atoms with van der Waals surface area (Å²) in [4.78, 5) is 14.8. The van der Waals surface area contributed by atoms with Crippen molar-refractivity contribution in [2.75, 3.05) is 25.4 Å². The first-order chi connectivity index (χ1) is 10.1. The number of hydrogen-bond donors (Lipinski definition) is 1. The SMILES string of the molecule is N#CC1CN(C(=O)c2sc3ccc(Br)cc3c2N)CCO1. The third-order valence-electron chi connectivity index (χ3n) is 3.38. The van der Waals surface area contributed by atoms with Gasteiger partial charge in [-0.05, 0) is 18.2 Å². The number of rotatable bonds is 1. The molecule has 1 aliphatic heterocycles. The quantitative estimate of drug-likeness (QED) is 0.842. The van der Waals surface area contributed by atoms with Crippen molar-refractivity contribution in [3.8, 4) is 6.07 Å². The molecular weight excluding hydrogens is 354 g/mol. The number of thiophene rings is 1. The zero-order chi connectivity index (χ0) is 15.0. The number of carbonyl (C=O) groups excluding carboxylic acids is 1. The van der Waals surface area contributed by atoms with Crippen molar-refractivity contribution in [2.24, 2.45) is 0 Å². The highest BCUT2D eigenvalue weighted by molar-refractivity contribution is 9.10. The summed E-state index contributed by atoms with van der Waals surface area (Å²) in [6.07, 6.45) is -0.563. The van der Waals surface area contributed by atoms with Gasteiger partial charge < -0.3 is 15.4 Å². The predicted molar refractivity (Wildman–Crippen MR) is 85.2 cm³/mol. The molecule has 7 heteroatoms. The van der Waals surface area contributed by atoms with Crippen LogP contribution >= 0.6 is 27.3 Å². The van der Waals surface area contributed by atoms with Crippen molar-refractivity contribution in [2.45, 2.75) is 6.10 Å². The molecule has 0 aliphatic carbocycles. The number of carbonyl (C=O) groups is 1. The topological polar surface area (TPSA) is 79.4 Å². The lowest BCUT2D eigenvalue weighted by Gasteiger charge is -2.29. The summed E-state index contributed by atoms with van der Waals surface area (Å²) < 4.78 is 7.16. The predicted octanol–water partition coefficient (Wildman–Crippen LogP) is 2.61. The molecule has 1 atom stereocenters. The van der Waals surface area contributed by atoms with Gasteiger partial charge in [-0.1, -0.05) is 15.9 Å². The summed E-state index contributed by atoms with van der Waals surface area (Å²) in [7, 11) is 0. The number of nitrogen functional groups attached to an aromatic ring is 1. The van der Waals surface area contributed by atoms with Crippen molar-refractivity contribution in [1.29, 1.82) is 5.26 Å². The number of morpholine rings is 1. The monoisotopic (exact) mass is 365 g/mol. The third-order valence-corrected chi connectivity index (χ3v) is 5.05. The van der Waals surface area contributed by atoms with Crippen molar-refractivity contribution in [3.63, 3.8) is 0 Å². The molecule has 5 nitrogen and oxygen atoms in total. The second-order valence-electron chi connectivity index (χ2n) is 4.73. The summed E-state index contributed by atoms with van der Waals surface area (Å²) in [6, 6.07) is 7.81. The highest BCUT2D eigenvalue weighted by atomic mass is 79.9. The van der Waals surface area contributed by atoms with E-state index in [-0.39, 0.29) is 12.5 Å². The second-order valence-corrected chi connectivity index (χ2v) is 6.69. The number of nitriles is 1. The van der Waals surface area contributed by atoms with Gasteiger partial charge in [0.2, 0.25) is 0 Å². The fourth-order valence-corrected chi connectivity index (χ4v) is 3.74. The van der Waals surface area contributed by atoms with E-state index in [4.69, 9.17) is 15.7 Å². The Balaban J connectivity index is 1.95. The van der Waals surface area contributed by atoms with E-state index in [1.807, 2.05) is 24.3 Å². The number of halogens is 1. The lowest BCUT2D eigenvalue weighted by atomic mass is 10.2. The van der Waals surface area contributed by atoms with Gasteiger partial charge in [-0.2, -0.15) is 5.26 Å². The Labute approximate surface area is 134 Å². The van der Waals surface area contributed by atoms with Gasteiger partial charge in [0.1, 0.15) is 4.88 Å². The second kappa shape index (κ2) is 5.64. The van der Waals surface area contributed by atoms with Crippen LogP contribution in [0.25, 0.3) is 10.1 Å². The van der Waals surface area contributed by atoms with E-state index >= 15 is 0 Å². The summed E-state index contributed by atoms with van der Waals surface area (Å²) in [5, 5.41) is 9.80. The Kier molecular flexibility index (Phi) is 3.85. The molecular formula is C14H12BrN3O2S. The number of nitrogens with two attached hydrogens (primary N) is 1. The minimum Gasteiger partial charge on any atom is -0.397 e. The molecule has 1 amide bonds. The van der Waals surface area contributed by atoms with Gasteiger partial charge in [0, 0.05) is 21.1 Å². The van der Waals surface area contributed by atoms with Crippen LogP contribution in [0.15, 0.2) is 22.7 Å². The minimum absolute atomic E-state index is 0.131. The van der Waals surface area contributed by atoms with Gasteiger partial charge in [0.05, 0.1) is 24.9 Å². The van der Waals surface area contributed by atoms with Crippen LogP contribution in [-0.4, -0.2) is 36.6 Å². The molecule has 2 heterocycles. The maximum absolute atomic E-state index is 12.6. The fourth-order valence-electron chi connectivity index (χ4n) is 2.30. The number of benzene rings is 1. The minimum atomic E-state index is -0.563. The maximum Gasteiger partial charge on any atom is 0.266 e. The molecule has 0 bridgehead atoms. The van der Waals surface area contributed by atoms with Gasteiger partial charge in [-0.25, -0.2) is 0 Å². The van der Waals surface area contributed by atoms with Gasteiger partial charge in [-0.3, -0.25) is 4.79 Å². The molecule has 1 unspecified atom stereocenters. The largest absolute Gasteiger partial charge is 0.397 e. The number of nitrogens with zero attached hydrogens (tertiary/aromatic N) is 2. The lowest BCUT2D eigenvalue weighted by Crippen LogP contribution is -2.45. The van der Waals surface area contributed by atoms with Crippen molar-refractivity contribution < 1.29 is 9.53 Å². The maximum atomic E-state index is 12.6. The molecule has 3 rings (SSSR count). The Bertz CT molecular complexity index is 752. The van der Waals surface area contributed by atoms with E-state index in [9.17, 15) is 4.79 Å². The first kappa shape index (κ1) is 14.3. The molecule has 0 spiro atoms. The van der Waals surface area contributed by atoms with Crippen LogP contribution in [0.2, 0.25) is 0 Å². The molecule has 2 N–H and O–H groups in total. The standard InChI is InChI=1S/C14H12BrN3O2S/c15-8-1-2-11-10(5-8)12(17)13(21-11)14(19)18-3-4-20-9(6-16)7-18/h1-2,5,9H,3-4,7,17H2. The number of anilines is 1. The molecule has 0 radical (unpaired) electrons. The summed E-state index contributed by atoms with van der Waals surface area (Å²) in [5.74, 6) is -0.131. The van der Waals surface area contributed by atoms with E-state index in [0.29, 0.717) is 23.7 Å². The van der Waals surface area contributed by atoms with Gasteiger partial charge >= 0.3 is 0 Å². The molecule has 0 saturated carbocycles. The van der Waals surface area contributed by atoms with Crippen LogP contribution in [-0.2, 0) is 4.74 Å². The van der Waals surface area contributed by atoms with E-state index in [2.05, 4.69) is 15.9 Å². The zero-order valence-corrected chi connectivity index (χ0v) is 13.4. The number of ether oxygens (including phenoxy) is 1. The Morgan fingerprint density at radius 1 is 1.57 bits per heavy atom. The van der Waals surface area contributed by atoms with E-state index in [1.165, 1.54) is 11.3 Å². The van der Waals surface area contributed by atoms with Gasteiger partial charge in [-0.15, -0.1) is 11.3 Å². The average molecular weight is 366 g/mol. The summed E-state index contributed by atoms with van der Waals surface area (Å²) >= 11 is 4.79.